The van der Waals surface area contributed by atoms with Gasteiger partial charge < -0.3 is 11.1 Å². The number of hydrogen-bond acceptors (Lipinski definition) is 3. The van der Waals surface area contributed by atoms with Crippen LogP contribution in [0.15, 0.2) is 18.3 Å². The molecule has 1 heterocycles. The van der Waals surface area contributed by atoms with Crippen LogP contribution >= 0.6 is 22.6 Å². The number of pyridine rings is 1. The molecule has 2 aromatic rings. The van der Waals surface area contributed by atoms with Crippen LogP contribution in [-0.4, -0.2) is 11.5 Å². The molecule has 84 valence electrons. The Morgan fingerprint density at radius 1 is 1.44 bits per heavy atom. The summed E-state index contributed by atoms with van der Waals surface area (Å²) in [6.45, 7) is 5.00. The number of nitrogen functional groups attached to an aromatic ring is 1. The molecule has 0 unspecified atom stereocenters. The van der Waals surface area contributed by atoms with Crippen molar-refractivity contribution in [2.75, 3.05) is 17.6 Å². The molecule has 0 atom stereocenters. The molecule has 0 aliphatic rings. The number of nitrogens with two attached hydrogens (primary N) is 1. The van der Waals surface area contributed by atoms with Gasteiger partial charge in [-0.25, -0.2) is 0 Å². The Labute approximate surface area is 109 Å². The zero-order valence-electron chi connectivity index (χ0n) is 9.34. The van der Waals surface area contributed by atoms with Crippen LogP contribution in [0.2, 0.25) is 0 Å². The lowest BCUT2D eigenvalue weighted by molar-refractivity contribution is 1.21. The summed E-state index contributed by atoms with van der Waals surface area (Å²) in [4.78, 5) is 4.41. The Morgan fingerprint density at radius 2 is 2.19 bits per heavy atom. The lowest BCUT2D eigenvalue weighted by Crippen LogP contribution is -2.03. The van der Waals surface area contributed by atoms with Crippen molar-refractivity contribution in [2.45, 2.75) is 13.8 Å². The minimum Gasteiger partial charge on any atom is -0.396 e. The highest BCUT2D eigenvalue weighted by molar-refractivity contribution is 14.1. The maximum atomic E-state index is 5.93. The number of anilines is 2. The van der Waals surface area contributed by atoms with Crippen molar-refractivity contribution in [1.82, 2.24) is 4.98 Å². The molecule has 1 aromatic heterocycles. The molecule has 0 aliphatic heterocycles. The first-order chi connectivity index (χ1) is 7.65. The zero-order valence-corrected chi connectivity index (χ0v) is 11.5. The molecule has 1 aromatic carbocycles. The van der Waals surface area contributed by atoms with Gasteiger partial charge in [-0.05, 0) is 54.1 Å². The first-order valence-corrected chi connectivity index (χ1v) is 6.30. The Morgan fingerprint density at radius 3 is 2.88 bits per heavy atom. The monoisotopic (exact) mass is 327 g/mol. The van der Waals surface area contributed by atoms with E-state index in [9.17, 15) is 0 Å². The third-order valence-electron chi connectivity index (χ3n) is 2.61. The standard InChI is InChI=1S/C12H14IN3/c1-3-15-12-8-4-5-9(13)7(2)11(8)16-6-10(12)14/h4-6H,3,14H2,1-2H3,(H,15,16). The summed E-state index contributed by atoms with van der Waals surface area (Å²) >= 11 is 2.32. The van der Waals surface area contributed by atoms with Gasteiger partial charge in [0.15, 0.2) is 0 Å². The van der Waals surface area contributed by atoms with Crippen LogP contribution in [0.3, 0.4) is 0 Å². The largest absolute Gasteiger partial charge is 0.396 e. The zero-order chi connectivity index (χ0) is 11.7. The van der Waals surface area contributed by atoms with E-state index in [1.165, 1.54) is 9.13 Å². The van der Waals surface area contributed by atoms with E-state index in [1.54, 1.807) is 6.20 Å². The number of hydrogen-bond donors (Lipinski definition) is 2. The molecule has 4 heteroatoms. The molecule has 3 N–H and O–H groups in total. The van der Waals surface area contributed by atoms with Gasteiger partial charge in [0.05, 0.1) is 23.1 Å². The molecule has 0 spiro atoms. The van der Waals surface area contributed by atoms with Gasteiger partial charge in [0, 0.05) is 15.5 Å². The van der Waals surface area contributed by atoms with Crippen molar-refractivity contribution in [3.63, 3.8) is 0 Å². The molecule has 0 aliphatic carbocycles. The normalized spacial score (nSPS) is 10.7. The van der Waals surface area contributed by atoms with E-state index in [2.05, 4.69) is 58.9 Å². The summed E-state index contributed by atoms with van der Waals surface area (Å²) in [5.41, 5.74) is 9.86. The lowest BCUT2D eigenvalue weighted by Gasteiger charge is -2.12. The number of benzene rings is 1. The molecule has 0 bridgehead atoms. The predicted molar refractivity (Wildman–Crippen MR) is 77.8 cm³/mol. The summed E-state index contributed by atoms with van der Waals surface area (Å²) in [6.07, 6.45) is 1.73. The van der Waals surface area contributed by atoms with E-state index >= 15 is 0 Å². The van der Waals surface area contributed by atoms with Crippen LogP contribution in [0.5, 0.6) is 0 Å². The van der Waals surface area contributed by atoms with Crippen LogP contribution in [-0.2, 0) is 0 Å². The minimum atomic E-state index is 0.704. The average molecular weight is 327 g/mol. The van der Waals surface area contributed by atoms with Crippen LogP contribution < -0.4 is 11.1 Å². The SMILES string of the molecule is CCNc1c(N)cnc2c(C)c(I)ccc12. The molecule has 2 rings (SSSR count). The highest BCUT2D eigenvalue weighted by Crippen LogP contribution is 2.31. The van der Waals surface area contributed by atoms with Crippen molar-refractivity contribution in [2.24, 2.45) is 0 Å². The number of nitrogens with one attached hydrogen (secondary N) is 1. The second-order valence-electron chi connectivity index (χ2n) is 3.69. The smallest absolute Gasteiger partial charge is 0.0764 e. The van der Waals surface area contributed by atoms with Gasteiger partial charge in [0.2, 0.25) is 0 Å². The fourth-order valence-corrected chi connectivity index (χ4v) is 2.21. The number of halogens is 1. The first kappa shape index (κ1) is 11.4. The molecule has 3 nitrogen and oxygen atoms in total. The highest BCUT2D eigenvalue weighted by Gasteiger charge is 2.09. The molecular weight excluding hydrogens is 313 g/mol. The third kappa shape index (κ3) is 1.81. The Bertz CT molecular complexity index is 537. The minimum absolute atomic E-state index is 0.704. The first-order valence-electron chi connectivity index (χ1n) is 5.22. The summed E-state index contributed by atoms with van der Waals surface area (Å²) < 4.78 is 1.23. The number of aromatic nitrogens is 1. The van der Waals surface area contributed by atoms with Crippen LogP contribution in [0.4, 0.5) is 11.4 Å². The van der Waals surface area contributed by atoms with Gasteiger partial charge in [-0.15, -0.1) is 0 Å². The summed E-state index contributed by atoms with van der Waals surface area (Å²) in [7, 11) is 0. The van der Waals surface area contributed by atoms with E-state index in [-0.39, 0.29) is 0 Å². The van der Waals surface area contributed by atoms with E-state index in [4.69, 9.17) is 5.73 Å². The molecule has 0 amide bonds. The molecule has 0 saturated heterocycles. The highest BCUT2D eigenvalue weighted by atomic mass is 127. The molecule has 0 radical (unpaired) electrons. The second kappa shape index (κ2) is 4.45. The number of aryl methyl sites for hydroxylation is 1. The topological polar surface area (TPSA) is 50.9 Å². The molecule has 0 fully saturated rings. The van der Waals surface area contributed by atoms with Crippen LogP contribution in [0.25, 0.3) is 10.9 Å². The van der Waals surface area contributed by atoms with E-state index in [0.717, 1.165) is 23.1 Å². The Kier molecular flexibility index (Phi) is 3.18. The number of fused-ring (bicyclic) bond motifs is 1. The van der Waals surface area contributed by atoms with Gasteiger partial charge in [0.1, 0.15) is 0 Å². The van der Waals surface area contributed by atoms with Crippen LogP contribution in [0, 0.1) is 10.5 Å². The molecule has 0 saturated carbocycles. The van der Waals surface area contributed by atoms with Crippen molar-refractivity contribution < 1.29 is 0 Å². The summed E-state index contributed by atoms with van der Waals surface area (Å²) in [5.74, 6) is 0. The Balaban J connectivity index is 2.78. The molecular formula is C12H14IN3. The van der Waals surface area contributed by atoms with Gasteiger partial charge in [-0.3, -0.25) is 4.98 Å². The quantitative estimate of drug-likeness (QED) is 0.833. The fraction of sp³-hybridized carbons (Fsp3) is 0.250. The van der Waals surface area contributed by atoms with E-state index in [1.807, 2.05) is 0 Å². The van der Waals surface area contributed by atoms with Crippen molar-refractivity contribution in [1.29, 1.82) is 0 Å². The van der Waals surface area contributed by atoms with Gasteiger partial charge in [-0.2, -0.15) is 0 Å². The Hall–Kier alpha value is -1.04. The van der Waals surface area contributed by atoms with Crippen molar-refractivity contribution in [3.8, 4) is 0 Å². The summed E-state index contributed by atoms with van der Waals surface area (Å²) in [5, 5.41) is 4.40. The maximum Gasteiger partial charge on any atom is 0.0764 e. The summed E-state index contributed by atoms with van der Waals surface area (Å²) in [6, 6.07) is 4.17. The fourth-order valence-electron chi connectivity index (χ4n) is 1.77. The van der Waals surface area contributed by atoms with Gasteiger partial charge >= 0.3 is 0 Å². The number of rotatable bonds is 2. The average Bonchev–Trinajstić information content (AvgIpc) is 2.27. The maximum absolute atomic E-state index is 5.93. The lowest BCUT2D eigenvalue weighted by atomic mass is 10.1. The second-order valence-corrected chi connectivity index (χ2v) is 4.85. The molecule has 16 heavy (non-hydrogen) atoms. The third-order valence-corrected chi connectivity index (χ3v) is 3.78. The van der Waals surface area contributed by atoms with Gasteiger partial charge in [-0.1, -0.05) is 0 Å². The predicted octanol–water partition coefficient (Wildman–Crippen LogP) is 3.16. The van der Waals surface area contributed by atoms with Crippen molar-refractivity contribution >= 4 is 44.9 Å². The van der Waals surface area contributed by atoms with Crippen molar-refractivity contribution in [3.05, 3.63) is 27.5 Å². The number of nitrogens with zero attached hydrogens (tertiary/aromatic N) is 1. The van der Waals surface area contributed by atoms with Crippen LogP contribution in [0.1, 0.15) is 12.5 Å². The van der Waals surface area contributed by atoms with Gasteiger partial charge in [0.25, 0.3) is 0 Å². The van der Waals surface area contributed by atoms with E-state index < -0.39 is 0 Å². The van der Waals surface area contributed by atoms with E-state index in [0.29, 0.717) is 5.69 Å².